The lowest BCUT2D eigenvalue weighted by molar-refractivity contribution is -0.396. The highest BCUT2D eigenvalue weighted by atomic mass is 16.6. The summed E-state index contributed by atoms with van der Waals surface area (Å²) in [4.78, 5) is 23.6. The molecule has 0 radical (unpaired) electrons. The second kappa shape index (κ2) is 4.21. The molecule has 1 heterocycles. The molecule has 0 fully saturated rings. The Hall–Kier alpha value is -2.12. The van der Waals surface area contributed by atoms with Crippen LogP contribution in [0.2, 0.25) is 0 Å². The first kappa shape index (κ1) is 9.96. The van der Waals surface area contributed by atoms with Gasteiger partial charge >= 0.3 is 12.0 Å². The van der Waals surface area contributed by atoms with Gasteiger partial charge in [0, 0.05) is 0 Å². The van der Waals surface area contributed by atoms with Gasteiger partial charge in [-0.3, -0.25) is 0 Å². The van der Waals surface area contributed by atoms with Crippen molar-refractivity contribution in [1.29, 1.82) is 0 Å². The van der Waals surface area contributed by atoms with E-state index in [4.69, 9.17) is 5.73 Å². The Balaban J connectivity index is 2.54. The Bertz CT molecular complexity index is 347. The molecular weight excluding hydrogens is 190 g/mol. The number of carbonyl (C=O) groups is 1. The van der Waals surface area contributed by atoms with Crippen molar-refractivity contribution in [3.63, 3.8) is 0 Å². The predicted molar refractivity (Wildman–Crippen MR) is 46.5 cm³/mol. The van der Waals surface area contributed by atoms with Crippen LogP contribution in [-0.4, -0.2) is 27.1 Å². The Kier molecular flexibility index (Phi) is 3.00. The summed E-state index contributed by atoms with van der Waals surface area (Å²) in [6.07, 6.45) is 2.78. The van der Waals surface area contributed by atoms with Crippen molar-refractivity contribution in [3.8, 4) is 0 Å². The summed E-state index contributed by atoms with van der Waals surface area (Å²) in [5, 5.41) is 12.7. The Morgan fingerprint density at radius 1 is 1.79 bits per heavy atom. The highest BCUT2D eigenvalue weighted by Crippen LogP contribution is 2.05. The standard InChI is InChI=1S/C6H9N5O3/c7-5(12)8-1-3-10-4-2-9-6(10)11(13)14/h2,4H,1,3H2,(H3,7,8,12). The van der Waals surface area contributed by atoms with Crippen molar-refractivity contribution in [1.82, 2.24) is 14.9 Å². The highest BCUT2D eigenvalue weighted by Gasteiger charge is 2.12. The summed E-state index contributed by atoms with van der Waals surface area (Å²) in [6.45, 7) is 0.492. The minimum absolute atomic E-state index is 0.229. The van der Waals surface area contributed by atoms with E-state index >= 15 is 0 Å². The summed E-state index contributed by atoms with van der Waals surface area (Å²) in [5.74, 6) is -0.253. The van der Waals surface area contributed by atoms with Gasteiger partial charge < -0.3 is 21.2 Å². The van der Waals surface area contributed by atoms with Crippen molar-refractivity contribution in [2.45, 2.75) is 6.54 Å². The third kappa shape index (κ3) is 2.44. The van der Waals surface area contributed by atoms with E-state index in [0.29, 0.717) is 0 Å². The fourth-order valence-corrected chi connectivity index (χ4v) is 0.947. The van der Waals surface area contributed by atoms with Crippen LogP contribution in [-0.2, 0) is 6.54 Å². The summed E-state index contributed by atoms with van der Waals surface area (Å²) >= 11 is 0. The molecule has 0 aliphatic carbocycles. The maximum atomic E-state index is 10.4. The lowest BCUT2D eigenvalue weighted by Crippen LogP contribution is -2.32. The van der Waals surface area contributed by atoms with Gasteiger partial charge in [-0.05, 0) is 4.92 Å². The fourth-order valence-electron chi connectivity index (χ4n) is 0.947. The molecule has 0 saturated carbocycles. The van der Waals surface area contributed by atoms with Crippen molar-refractivity contribution < 1.29 is 9.72 Å². The number of hydrogen-bond acceptors (Lipinski definition) is 4. The number of imidazole rings is 1. The number of primary amides is 1. The van der Waals surface area contributed by atoms with E-state index in [1.54, 1.807) is 0 Å². The molecular formula is C6H9N5O3. The van der Waals surface area contributed by atoms with Crippen LogP contribution in [0.3, 0.4) is 0 Å². The molecule has 3 N–H and O–H groups in total. The van der Waals surface area contributed by atoms with Gasteiger partial charge in [-0.25, -0.2) is 9.36 Å². The molecule has 0 aromatic carbocycles. The van der Waals surface area contributed by atoms with E-state index in [-0.39, 0.29) is 19.0 Å². The second-order valence-electron chi connectivity index (χ2n) is 2.47. The normalized spacial score (nSPS) is 9.71. The van der Waals surface area contributed by atoms with Crippen LogP contribution in [0, 0.1) is 10.1 Å². The largest absolute Gasteiger partial charge is 0.434 e. The lowest BCUT2D eigenvalue weighted by Gasteiger charge is -2.01. The highest BCUT2D eigenvalue weighted by molar-refractivity contribution is 5.71. The molecule has 2 amide bonds. The molecule has 0 aliphatic heterocycles. The first-order valence-electron chi connectivity index (χ1n) is 3.80. The van der Waals surface area contributed by atoms with E-state index in [1.165, 1.54) is 17.0 Å². The van der Waals surface area contributed by atoms with Crippen LogP contribution in [0.25, 0.3) is 0 Å². The Labute approximate surface area is 78.9 Å². The van der Waals surface area contributed by atoms with Crippen LogP contribution in [0.5, 0.6) is 0 Å². The van der Waals surface area contributed by atoms with Crippen LogP contribution in [0.15, 0.2) is 12.4 Å². The number of nitrogens with one attached hydrogen (secondary N) is 1. The van der Waals surface area contributed by atoms with Crippen molar-refractivity contribution >= 4 is 12.0 Å². The van der Waals surface area contributed by atoms with Gasteiger partial charge in [0.1, 0.15) is 12.4 Å². The molecule has 8 nitrogen and oxygen atoms in total. The zero-order valence-electron chi connectivity index (χ0n) is 7.21. The van der Waals surface area contributed by atoms with Crippen LogP contribution < -0.4 is 11.1 Å². The summed E-state index contributed by atoms with van der Waals surface area (Å²) in [5.41, 5.74) is 4.82. The topological polar surface area (TPSA) is 116 Å². The fraction of sp³-hybridized carbons (Fsp3) is 0.333. The number of carbonyl (C=O) groups excluding carboxylic acids is 1. The third-order valence-corrected chi connectivity index (χ3v) is 1.51. The first-order chi connectivity index (χ1) is 6.61. The maximum Gasteiger partial charge on any atom is 0.434 e. The number of nitro groups is 1. The predicted octanol–water partition coefficient (Wildman–Crippen LogP) is -0.540. The first-order valence-corrected chi connectivity index (χ1v) is 3.80. The van der Waals surface area contributed by atoms with E-state index in [9.17, 15) is 14.9 Å². The number of nitrogens with two attached hydrogens (primary N) is 1. The molecule has 14 heavy (non-hydrogen) atoms. The zero-order valence-corrected chi connectivity index (χ0v) is 7.21. The summed E-state index contributed by atoms with van der Waals surface area (Å²) < 4.78 is 1.32. The molecule has 0 saturated heterocycles. The summed E-state index contributed by atoms with van der Waals surface area (Å²) in [7, 11) is 0. The molecule has 76 valence electrons. The molecule has 1 aromatic heterocycles. The third-order valence-electron chi connectivity index (χ3n) is 1.51. The van der Waals surface area contributed by atoms with Crippen molar-refractivity contribution in [2.24, 2.45) is 5.73 Å². The minimum atomic E-state index is -0.659. The second-order valence-corrected chi connectivity index (χ2v) is 2.47. The van der Waals surface area contributed by atoms with E-state index in [0.717, 1.165) is 0 Å². The number of rotatable bonds is 4. The average Bonchev–Trinajstić information content (AvgIpc) is 2.51. The van der Waals surface area contributed by atoms with Crippen LogP contribution in [0.4, 0.5) is 10.7 Å². The van der Waals surface area contributed by atoms with Crippen LogP contribution in [0.1, 0.15) is 0 Å². The van der Waals surface area contributed by atoms with Gasteiger partial charge in [-0.15, -0.1) is 0 Å². The molecule has 0 bridgehead atoms. The van der Waals surface area contributed by atoms with Gasteiger partial charge in [-0.1, -0.05) is 4.98 Å². The number of amides is 2. The SMILES string of the molecule is NC(=O)NCCn1ccnc1[N+](=O)[O-]. The summed E-state index contributed by atoms with van der Waals surface area (Å²) in [6, 6.07) is -0.659. The molecule has 0 atom stereocenters. The molecule has 1 aromatic rings. The van der Waals surface area contributed by atoms with Gasteiger partial charge in [0.25, 0.3) is 0 Å². The molecule has 1 rings (SSSR count). The smallest absolute Gasteiger partial charge is 0.390 e. The molecule has 0 aliphatic rings. The minimum Gasteiger partial charge on any atom is -0.390 e. The van der Waals surface area contributed by atoms with E-state index in [1.807, 2.05) is 0 Å². The number of nitrogens with zero attached hydrogens (tertiary/aromatic N) is 3. The molecule has 0 spiro atoms. The average molecular weight is 199 g/mol. The maximum absolute atomic E-state index is 10.4. The van der Waals surface area contributed by atoms with Crippen LogP contribution >= 0.6 is 0 Å². The monoisotopic (exact) mass is 199 g/mol. The van der Waals surface area contributed by atoms with E-state index < -0.39 is 11.0 Å². The lowest BCUT2D eigenvalue weighted by atomic mass is 10.6. The number of aromatic nitrogens is 2. The Morgan fingerprint density at radius 2 is 2.50 bits per heavy atom. The molecule has 0 unspecified atom stereocenters. The number of urea groups is 1. The number of hydrogen-bond donors (Lipinski definition) is 2. The zero-order chi connectivity index (χ0) is 10.6. The van der Waals surface area contributed by atoms with E-state index in [2.05, 4.69) is 10.3 Å². The Morgan fingerprint density at radius 3 is 3.07 bits per heavy atom. The van der Waals surface area contributed by atoms with Gasteiger partial charge in [0.2, 0.25) is 0 Å². The molecule has 8 heteroatoms. The van der Waals surface area contributed by atoms with Crippen molar-refractivity contribution in [2.75, 3.05) is 6.54 Å². The van der Waals surface area contributed by atoms with Crippen molar-refractivity contribution in [3.05, 3.63) is 22.5 Å². The van der Waals surface area contributed by atoms with Gasteiger partial charge in [-0.2, -0.15) is 0 Å². The van der Waals surface area contributed by atoms with Gasteiger partial charge in [0.05, 0.1) is 13.1 Å². The van der Waals surface area contributed by atoms with Gasteiger partial charge in [0.15, 0.2) is 0 Å². The quantitative estimate of drug-likeness (QED) is 0.500.